The first-order valence-electron chi connectivity index (χ1n) is 10.0. The van der Waals surface area contributed by atoms with Gasteiger partial charge in [-0.3, -0.25) is 4.79 Å². The summed E-state index contributed by atoms with van der Waals surface area (Å²) in [6, 6.07) is 10.9. The minimum atomic E-state index is -3.25. The van der Waals surface area contributed by atoms with Gasteiger partial charge in [-0.05, 0) is 42.3 Å². The maximum absolute atomic E-state index is 12.8. The van der Waals surface area contributed by atoms with Gasteiger partial charge in [-0.2, -0.15) is 0 Å². The van der Waals surface area contributed by atoms with Crippen LogP contribution in [0.1, 0.15) is 11.1 Å². The van der Waals surface area contributed by atoms with Crippen molar-refractivity contribution in [1.29, 1.82) is 0 Å². The molecule has 3 aromatic rings. The molecular weight excluding hydrogens is 434 g/mol. The summed E-state index contributed by atoms with van der Waals surface area (Å²) in [6.07, 6.45) is 1.58. The van der Waals surface area contributed by atoms with Crippen molar-refractivity contribution < 1.29 is 17.9 Å². The highest BCUT2D eigenvalue weighted by atomic mass is 32.2. The number of anilines is 1. The predicted molar refractivity (Wildman–Crippen MR) is 123 cm³/mol. The number of aryl methyl sites for hydroxylation is 1. The van der Waals surface area contributed by atoms with Crippen LogP contribution in [0.25, 0.3) is 10.2 Å². The van der Waals surface area contributed by atoms with Crippen molar-refractivity contribution in [3.05, 3.63) is 47.5 Å². The van der Waals surface area contributed by atoms with E-state index in [9.17, 15) is 13.2 Å². The standard InChI is InChI=1S/C22H25N3O4S2/c1-15-12-16(4-7-19(15)29-2)13-21(26)24-8-10-25(11-9-24)22-23-18-6-5-17(31(3,27)28)14-20(18)30-22/h4-7,12,14H,8-11,13H2,1-3H3. The average Bonchev–Trinajstić information content (AvgIpc) is 3.17. The van der Waals surface area contributed by atoms with Gasteiger partial charge in [0, 0.05) is 32.4 Å². The molecule has 2 aromatic carbocycles. The summed E-state index contributed by atoms with van der Waals surface area (Å²) in [4.78, 5) is 21.8. The minimum absolute atomic E-state index is 0.117. The molecule has 1 fully saturated rings. The van der Waals surface area contributed by atoms with E-state index in [4.69, 9.17) is 4.74 Å². The van der Waals surface area contributed by atoms with Gasteiger partial charge in [0.2, 0.25) is 5.91 Å². The molecule has 4 rings (SSSR count). The first-order valence-corrected chi connectivity index (χ1v) is 12.7. The number of hydrogen-bond donors (Lipinski definition) is 0. The lowest BCUT2D eigenvalue weighted by molar-refractivity contribution is -0.130. The van der Waals surface area contributed by atoms with Gasteiger partial charge in [0.05, 0.1) is 28.6 Å². The second-order valence-corrected chi connectivity index (χ2v) is 10.8. The molecule has 7 nitrogen and oxygen atoms in total. The molecule has 0 radical (unpaired) electrons. The van der Waals surface area contributed by atoms with E-state index in [0.29, 0.717) is 37.5 Å². The molecule has 31 heavy (non-hydrogen) atoms. The molecule has 2 heterocycles. The highest BCUT2D eigenvalue weighted by Gasteiger charge is 2.23. The van der Waals surface area contributed by atoms with Gasteiger partial charge in [0.25, 0.3) is 0 Å². The Morgan fingerprint density at radius 2 is 1.87 bits per heavy atom. The fraction of sp³-hybridized carbons (Fsp3) is 0.364. The summed E-state index contributed by atoms with van der Waals surface area (Å²) in [7, 11) is -1.60. The van der Waals surface area contributed by atoms with E-state index in [1.54, 1.807) is 25.3 Å². The summed E-state index contributed by atoms with van der Waals surface area (Å²) < 4.78 is 29.7. The van der Waals surface area contributed by atoms with Crippen LogP contribution in [0.15, 0.2) is 41.3 Å². The first-order chi connectivity index (χ1) is 14.7. The fourth-order valence-corrected chi connectivity index (χ4v) is 5.52. The van der Waals surface area contributed by atoms with Crippen LogP contribution in [-0.4, -0.2) is 63.8 Å². The van der Waals surface area contributed by atoms with Crippen LogP contribution in [0.3, 0.4) is 0 Å². The molecule has 0 aliphatic carbocycles. The van der Waals surface area contributed by atoms with Crippen LogP contribution in [-0.2, 0) is 21.1 Å². The SMILES string of the molecule is COc1ccc(CC(=O)N2CCN(c3nc4ccc(S(C)(=O)=O)cc4s3)CC2)cc1C. The number of amides is 1. The number of thiazole rings is 1. The molecule has 9 heteroatoms. The molecule has 1 saturated heterocycles. The maximum Gasteiger partial charge on any atom is 0.227 e. The van der Waals surface area contributed by atoms with Crippen molar-refractivity contribution in [2.45, 2.75) is 18.2 Å². The Hall–Kier alpha value is -2.65. The Morgan fingerprint density at radius 3 is 2.52 bits per heavy atom. The maximum atomic E-state index is 12.8. The van der Waals surface area contributed by atoms with Gasteiger partial charge < -0.3 is 14.5 Å². The van der Waals surface area contributed by atoms with E-state index in [1.807, 2.05) is 30.0 Å². The summed E-state index contributed by atoms with van der Waals surface area (Å²) in [5, 5.41) is 0.860. The quantitative estimate of drug-likeness (QED) is 0.584. The van der Waals surface area contributed by atoms with Gasteiger partial charge in [0.1, 0.15) is 5.75 Å². The van der Waals surface area contributed by atoms with Crippen LogP contribution in [0, 0.1) is 6.92 Å². The van der Waals surface area contributed by atoms with Crippen LogP contribution in [0.4, 0.5) is 5.13 Å². The summed E-state index contributed by atoms with van der Waals surface area (Å²) in [5.74, 6) is 0.940. The van der Waals surface area contributed by atoms with E-state index in [0.717, 1.165) is 32.2 Å². The van der Waals surface area contributed by atoms with Crippen LogP contribution in [0.5, 0.6) is 5.75 Å². The first kappa shape index (κ1) is 21.6. The van der Waals surface area contributed by atoms with Crippen LogP contribution >= 0.6 is 11.3 Å². The lowest BCUT2D eigenvalue weighted by Crippen LogP contribution is -2.49. The second kappa shape index (κ2) is 8.47. The Labute approximate surface area is 186 Å². The zero-order valence-corrected chi connectivity index (χ0v) is 19.4. The minimum Gasteiger partial charge on any atom is -0.496 e. The molecule has 1 aliphatic rings. The molecule has 0 saturated carbocycles. The number of sulfone groups is 1. The van der Waals surface area contributed by atoms with E-state index < -0.39 is 9.84 Å². The number of benzene rings is 2. The summed E-state index contributed by atoms with van der Waals surface area (Å²) in [6.45, 7) is 4.65. The molecule has 1 aliphatic heterocycles. The number of nitrogens with zero attached hydrogens (tertiary/aromatic N) is 3. The van der Waals surface area contributed by atoms with Gasteiger partial charge in [0.15, 0.2) is 15.0 Å². The molecule has 0 spiro atoms. The third-order valence-electron chi connectivity index (χ3n) is 5.49. The normalized spacial score (nSPS) is 14.8. The molecule has 1 amide bonds. The van der Waals surface area contributed by atoms with E-state index in [-0.39, 0.29) is 5.91 Å². The lowest BCUT2D eigenvalue weighted by atomic mass is 10.1. The van der Waals surface area contributed by atoms with E-state index in [1.165, 1.54) is 17.6 Å². The Balaban J connectivity index is 1.40. The smallest absolute Gasteiger partial charge is 0.227 e. The molecule has 0 atom stereocenters. The summed E-state index contributed by atoms with van der Waals surface area (Å²) in [5.41, 5.74) is 2.80. The van der Waals surface area contributed by atoms with Crippen LogP contribution in [0.2, 0.25) is 0 Å². The van der Waals surface area contributed by atoms with Crippen molar-refractivity contribution in [3.8, 4) is 5.75 Å². The Kier molecular flexibility index (Phi) is 5.90. The molecule has 0 unspecified atom stereocenters. The van der Waals surface area contributed by atoms with E-state index in [2.05, 4.69) is 9.88 Å². The van der Waals surface area contributed by atoms with Gasteiger partial charge >= 0.3 is 0 Å². The Bertz CT molecular complexity index is 1230. The average molecular weight is 460 g/mol. The number of rotatable bonds is 5. The number of carbonyl (C=O) groups excluding carboxylic acids is 1. The number of hydrogen-bond acceptors (Lipinski definition) is 7. The number of methoxy groups -OCH3 is 1. The van der Waals surface area contributed by atoms with Crippen molar-refractivity contribution in [2.75, 3.05) is 44.4 Å². The van der Waals surface area contributed by atoms with Crippen LogP contribution < -0.4 is 9.64 Å². The van der Waals surface area contributed by atoms with E-state index >= 15 is 0 Å². The largest absolute Gasteiger partial charge is 0.496 e. The monoisotopic (exact) mass is 459 g/mol. The highest BCUT2D eigenvalue weighted by Crippen LogP contribution is 2.31. The molecule has 164 valence electrons. The number of piperazine rings is 1. The van der Waals surface area contributed by atoms with Crippen molar-refractivity contribution in [1.82, 2.24) is 9.88 Å². The van der Waals surface area contributed by atoms with Crippen molar-refractivity contribution >= 4 is 42.4 Å². The zero-order chi connectivity index (χ0) is 22.2. The highest BCUT2D eigenvalue weighted by molar-refractivity contribution is 7.90. The molecular formula is C22H25N3O4S2. The third-order valence-corrected chi connectivity index (χ3v) is 7.68. The second-order valence-electron chi connectivity index (χ2n) is 7.75. The zero-order valence-electron chi connectivity index (χ0n) is 17.8. The molecule has 0 bridgehead atoms. The third kappa shape index (κ3) is 4.67. The topological polar surface area (TPSA) is 79.8 Å². The van der Waals surface area contributed by atoms with Gasteiger partial charge in [-0.25, -0.2) is 13.4 Å². The van der Waals surface area contributed by atoms with Gasteiger partial charge in [-0.1, -0.05) is 23.5 Å². The predicted octanol–water partition coefficient (Wildman–Crippen LogP) is 2.91. The molecule has 0 N–H and O–H groups in total. The number of fused-ring (bicyclic) bond motifs is 1. The number of carbonyl (C=O) groups is 1. The summed E-state index contributed by atoms with van der Waals surface area (Å²) >= 11 is 1.49. The van der Waals surface area contributed by atoms with Crippen molar-refractivity contribution in [3.63, 3.8) is 0 Å². The fourth-order valence-electron chi connectivity index (χ4n) is 3.74. The lowest BCUT2D eigenvalue weighted by Gasteiger charge is -2.34. The Morgan fingerprint density at radius 1 is 1.13 bits per heavy atom. The molecule has 1 aromatic heterocycles. The number of ether oxygens (including phenoxy) is 1. The number of aromatic nitrogens is 1. The van der Waals surface area contributed by atoms with Crippen molar-refractivity contribution in [2.24, 2.45) is 0 Å². The van der Waals surface area contributed by atoms with Gasteiger partial charge in [-0.15, -0.1) is 0 Å².